The molecule has 126 valence electrons. The molecule has 0 amide bonds. The van der Waals surface area contributed by atoms with Gasteiger partial charge in [-0.3, -0.25) is 0 Å². The molecule has 2 heteroatoms. The first-order valence-corrected chi connectivity index (χ1v) is 9.18. The third-order valence-corrected chi connectivity index (χ3v) is 4.94. The van der Waals surface area contributed by atoms with E-state index in [1.807, 2.05) is 30.3 Å². The van der Waals surface area contributed by atoms with Crippen LogP contribution in [0.3, 0.4) is 0 Å². The number of hydrogen-bond acceptors (Lipinski definition) is 0. The SMILES string of the molecule is Clc1ccc(-c2cccc(-c3ccccc3)c2-c2ccc(Cl)cc2)cc1. The summed E-state index contributed by atoms with van der Waals surface area (Å²) in [7, 11) is 0. The van der Waals surface area contributed by atoms with Crippen LogP contribution in [0.4, 0.5) is 0 Å². The fraction of sp³-hybridized carbons (Fsp3) is 0. The van der Waals surface area contributed by atoms with Crippen LogP contribution in [-0.4, -0.2) is 0 Å². The Morgan fingerprint density at radius 3 is 1.38 bits per heavy atom. The molecule has 4 aromatic carbocycles. The van der Waals surface area contributed by atoms with Gasteiger partial charge in [-0.05, 0) is 57.6 Å². The normalized spacial score (nSPS) is 10.7. The van der Waals surface area contributed by atoms with Crippen molar-refractivity contribution in [1.82, 2.24) is 0 Å². The molecule has 0 spiro atoms. The summed E-state index contributed by atoms with van der Waals surface area (Å²) < 4.78 is 0. The van der Waals surface area contributed by atoms with Gasteiger partial charge in [-0.15, -0.1) is 0 Å². The van der Waals surface area contributed by atoms with Crippen LogP contribution in [0.25, 0.3) is 33.4 Å². The predicted octanol–water partition coefficient (Wildman–Crippen LogP) is 7.99. The zero-order valence-corrected chi connectivity index (χ0v) is 15.5. The van der Waals surface area contributed by atoms with E-state index in [2.05, 4.69) is 66.7 Å². The van der Waals surface area contributed by atoms with Crippen molar-refractivity contribution < 1.29 is 0 Å². The Balaban J connectivity index is 2.00. The van der Waals surface area contributed by atoms with Gasteiger partial charge in [-0.2, -0.15) is 0 Å². The lowest BCUT2D eigenvalue weighted by molar-refractivity contribution is 1.56. The Kier molecular flexibility index (Phi) is 4.79. The molecule has 0 bridgehead atoms. The molecule has 0 fully saturated rings. The van der Waals surface area contributed by atoms with Crippen molar-refractivity contribution in [3.63, 3.8) is 0 Å². The zero-order chi connectivity index (χ0) is 17.9. The fourth-order valence-corrected chi connectivity index (χ4v) is 3.46. The van der Waals surface area contributed by atoms with Crippen LogP contribution in [0.2, 0.25) is 10.0 Å². The first kappa shape index (κ1) is 16.9. The average molecular weight is 375 g/mol. The molecule has 0 nitrogen and oxygen atoms in total. The van der Waals surface area contributed by atoms with E-state index in [0.717, 1.165) is 21.2 Å². The minimum Gasteiger partial charge on any atom is -0.0843 e. The Labute approximate surface area is 163 Å². The van der Waals surface area contributed by atoms with Crippen LogP contribution >= 0.6 is 23.2 Å². The standard InChI is InChI=1S/C24H16Cl2/c25-20-13-9-18(10-14-20)23-8-4-7-22(17-5-2-1-3-6-17)24(23)19-11-15-21(26)16-12-19/h1-16H. The number of hydrogen-bond donors (Lipinski definition) is 0. The summed E-state index contributed by atoms with van der Waals surface area (Å²) in [6.45, 7) is 0. The molecule has 4 aromatic rings. The summed E-state index contributed by atoms with van der Waals surface area (Å²) in [6, 6.07) is 32.9. The summed E-state index contributed by atoms with van der Waals surface area (Å²) >= 11 is 12.2. The molecule has 0 radical (unpaired) electrons. The number of rotatable bonds is 3. The largest absolute Gasteiger partial charge is 0.0843 e. The predicted molar refractivity (Wildman–Crippen MR) is 113 cm³/mol. The van der Waals surface area contributed by atoms with Gasteiger partial charge < -0.3 is 0 Å². The van der Waals surface area contributed by atoms with Crippen molar-refractivity contribution in [3.05, 3.63) is 107 Å². The molecular formula is C24H16Cl2. The lowest BCUT2D eigenvalue weighted by Crippen LogP contribution is -1.90. The van der Waals surface area contributed by atoms with Gasteiger partial charge in [-0.1, -0.05) is 96.0 Å². The second-order valence-corrected chi connectivity index (χ2v) is 6.98. The van der Waals surface area contributed by atoms with E-state index < -0.39 is 0 Å². The van der Waals surface area contributed by atoms with Crippen LogP contribution < -0.4 is 0 Å². The van der Waals surface area contributed by atoms with Gasteiger partial charge in [0.1, 0.15) is 0 Å². The summed E-state index contributed by atoms with van der Waals surface area (Å²) in [5, 5.41) is 1.47. The number of halogens is 2. The molecule has 0 aliphatic heterocycles. The van der Waals surface area contributed by atoms with E-state index in [-0.39, 0.29) is 0 Å². The van der Waals surface area contributed by atoms with Crippen LogP contribution in [0.1, 0.15) is 0 Å². The molecule has 0 aliphatic rings. The van der Waals surface area contributed by atoms with Gasteiger partial charge in [0, 0.05) is 10.0 Å². The maximum Gasteiger partial charge on any atom is 0.0406 e. The molecular weight excluding hydrogens is 359 g/mol. The second kappa shape index (κ2) is 7.37. The van der Waals surface area contributed by atoms with E-state index in [4.69, 9.17) is 23.2 Å². The highest BCUT2D eigenvalue weighted by Crippen LogP contribution is 2.40. The van der Waals surface area contributed by atoms with Crippen molar-refractivity contribution in [2.75, 3.05) is 0 Å². The first-order valence-electron chi connectivity index (χ1n) is 8.43. The van der Waals surface area contributed by atoms with Gasteiger partial charge in [0.15, 0.2) is 0 Å². The van der Waals surface area contributed by atoms with Crippen LogP contribution in [0.5, 0.6) is 0 Å². The van der Waals surface area contributed by atoms with Crippen LogP contribution in [0.15, 0.2) is 97.1 Å². The molecule has 0 atom stereocenters. The average Bonchev–Trinajstić information content (AvgIpc) is 2.69. The lowest BCUT2D eigenvalue weighted by atomic mass is 9.88. The Morgan fingerprint density at radius 2 is 0.846 bits per heavy atom. The topological polar surface area (TPSA) is 0 Å². The van der Waals surface area contributed by atoms with Crippen molar-refractivity contribution >= 4 is 23.2 Å². The molecule has 0 aliphatic carbocycles. The monoisotopic (exact) mass is 374 g/mol. The van der Waals surface area contributed by atoms with E-state index in [0.29, 0.717) is 0 Å². The van der Waals surface area contributed by atoms with E-state index in [1.54, 1.807) is 0 Å². The number of benzene rings is 4. The summed E-state index contributed by atoms with van der Waals surface area (Å²) in [5.74, 6) is 0. The molecule has 0 N–H and O–H groups in total. The van der Waals surface area contributed by atoms with E-state index >= 15 is 0 Å². The molecule has 26 heavy (non-hydrogen) atoms. The summed E-state index contributed by atoms with van der Waals surface area (Å²) in [4.78, 5) is 0. The molecule has 0 heterocycles. The van der Waals surface area contributed by atoms with Crippen molar-refractivity contribution in [2.24, 2.45) is 0 Å². The Hall–Kier alpha value is -2.54. The first-order chi connectivity index (χ1) is 12.7. The van der Waals surface area contributed by atoms with Crippen LogP contribution in [-0.2, 0) is 0 Å². The maximum absolute atomic E-state index is 6.12. The van der Waals surface area contributed by atoms with Crippen molar-refractivity contribution in [2.45, 2.75) is 0 Å². The van der Waals surface area contributed by atoms with Crippen LogP contribution in [0, 0.1) is 0 Å². The van der Waals surface area contributed by atoms with Gasteiger partial charge >= 0.3 is 0 Å². The van der Waals surface area contributed by atoms with Gasteiger partial charge in [-0.25, -0.2) is 0 Å². The highest BCUT2D eigenvalue weighted by Gasteiger charge is 2.13. The van der Waals surface area contributed by atoms with E-state index in [1.165, 1.54) is 22.3 Å². The maximum atomic E-state index is 6.12. The Bertz CT molecular complexity index is 1020. The highest BCUT2D eigenvalue weighted by atomic mass is 35.5. The molecule has 0 unspecified atom stereocenters. The minimum atomic E-state index is 0.735. The lowest BCUT2D eigenvalue weighted by Gasteiger charge is -2.16. The van der Waals surface area contributed by atoms with Gasteiger partial charge in [0.25, 0.3) is 0 Å². The van der Waals surface area contributed by atoms with Gasteiger partial charge in [0.2, 0.25) is 0 Å². The fourth-order valence-electron chi connectivity index (χ4n) is 3.21. The summed E-state index contributed by atoms with van der Waals surface area (Å²) in [6.07, 6.45) is 0. The molecule has 0 saturated carbocycles. The van der Waals surface area contributed by atoms with Gasteiger partial charge in [0.05, 0.1) is 0 Å². The second-order valence-electron chi connectivity index (χ2n) is 6.11. The Morgan fingerprint density at radius 1 is 0.385 bits per heavy atom. The quantitative estimate of drug-likeness (QED) is 0.340. The van der Waals surface area contributed by atoms with Crippen molar-refractivity contribution in [1.29, 1.82) is 0 Å². The smallest absolute Gasteiger partial charge is 0.0406 e. The molecule has 0 aromatic heterocycles. The molecule has 0 saturated heterocycles. The zero-order valence-electron chi connectivity index (χ0n) is 14.0. The summed E-state index contributed by atoms with van der Waals surface area (Å²) in [5.41, 5.74) is 7.02. The highest BCUT2D eigenvalue weighted by molar-refractivity contribution is 6.31. The van der Waals surface area contributed by atoms with E-state index in [9.17, 15) is 0 Å². The van der Waals surface area contributed by atoms with Crippen molar-refractivity contribution in [3.8, 4) is 33.4 Å². The molecule has 4 rings (SSSR count). The minimum absolute atomic E-state index is 0.735. The third-order valence-electron chi connectivity index (χ3n) is 4.44. The third kappa shape index (κ3) is 3.39.